The Bertz CT molecular complexity index is 575. The average Bonchev–Trinajstić information content (AvgIpc) is 2.75. The molecule has 4 bridgehead atoms. The lowest BCUT2D eigenvalue weighted by molar-refractivity contribution is -0.121. The summed E-state index contributed by atoms with van der Waals surface area (Å²) in [6, 6.07) is -0.566. The molecule has 5 rings (SSSR count). The SMILES string of the molecule is CC(=CC(=O)NN1CC(=O)NC1=O)C12CC3CC(CC(C3)C1)C2. The first-order valence-electron chi connectivity index (χ1n) is 8.54. The molecule has 0 aromatic heterocycles. The van der Waals surface area contributed by atoms with Crippen LogP contribution in [0, 0.1) is 23.2 Å². The molecule has 0 spiro atoms. The van der Waals surface area contributed by atoms with Gasteiger partial charge in [-0.2, -0.15) is 0 Å². The van der Waals surface area contributed by atoms with Gasteiger partial charge in [-0.3, -0.25) is 20.3 Å². The first-order valence-corrected chi connectivity index (χ1v) is 8.54. The van der Waals surface area contributed by atoms with Crippen molar-refractivity contribution in [3.8, 4) is 0 Å². The molecule has 5 fully saturated rings. The zero-order valence-electron chi connectivity index (χ0n) is 13.4. The second kappa shape index (κ2) is 5.08. The molecule has 0 aromatic carbocycles. The average molecular weight is 317 g/mol. The summed E-state index contributed by atoms with van der Waals surface area (Å²) in [5.41, 5.74) is 3.84. The first-order chi connectivity index (χ1) is 10.9. The van der Waals surface area contributed by atoms with Gasteiger partial charge in [0.15, 0.2) is 0 Å². The monoisotopic (exact) mass is 317 g/mol. The Morgan fingerprint density at radius 3 is 2.22 bits per heavy atom. The number of nitrogens with one attached hydrogen (secondary N) is 2. The molecule has 4 aliphatic carbocycles. The van der Waals surface area contributed by atoms with Crippen molar-refractivity contribution in [1.82, 2.24) is 15.8 Å². The van der Waals surface area contributed by atoms with Gasteiger partial charge in [-0.05, 0) is 68.6 Å². The van der Waals surface area contributed by atoms with E-state index in [9.17, 15) is 14.4 Å². The van der Waals surface area contributed by atoms with Crippen LogP contribution in [-0.2, 0) is 9.59 Å². The molecule has 1 aliphatic heterocycles. The number of hydrazine groups is 1. The number of carbonyl (C=O) groups is 3. The summed E-state index contributed by atoms with van der Waals surface area (Å²) >= 11 is 0. The summed E-state index contributed by atoms with van der Waals surface area (Å²) < 4.78 is 0. The Hall–Kier alpha value is -1.85. The van der Waals surface area contributed by atoms with Crippen LogP contribution in [0.2, 0.25) is 0 Å². The van der Waals surface area contributed by atoms with Gasteiger partial charge in [0.2, 0.25) is 5.91 Å². The first kappa shape index (κ1) is 14.7. The molecule has 0 aromatic rings. The van der Waals surface area contributed by atoms with Crippen LogP contribution >= 0.6 is 0 Å². The maximum Gasteiger partial charge on any atom is 0.343 e. The third-order valence-electron chi connectivity index (χ3n) is 6.26. The lowest BCUT2D eigenvalue weighted by atomic mass is 9.48. The molecule has 124 valence electrons. The lowest BCUT2D eigenvalue weighted by Crippen LogP contribution is -2.47. The van der Waals surface area contributed by atoms with Crippen molar-refractivity contribution >= 4 is 17.8 Å². The molecule has 4 saturated carbocycles. The summed E-state index contributed by atoms with van der Waals surface area (Å²) in [6.45, 7) is 1.94. The van der Waals surface area contributed by atoms with Gasteiger partial charge in [0.1, 0.15) is 6.54 Å². The van der Waals surface area contributed by atoms with Crippen LogP contribution in [0.25, 0.3) is 0 Å². The number of nitrogens with zero attached hydrogens (tertiary/aromatic N) is 1. The van der Waals surface area contributed by atoms with Gasteiger partial charge < -0.3 is 0 Å². The molecule has 1 heterocycles. The minimum Gasteiger partial charge on any atom is -0.275 e. The highest BCUT2D eigenvalue weighted by Crippen LogP contribution is 2.62. The van der Waals surface area contributed by atoms with Crippen LogP contribution in [0.15, 0.2) is 11.6 Å². The number of carbonyl (C=O) groups excluding carboxylic acids is 3. The fourth-order valence-corrected chi connectivity index (χ4v) is 5.64. The summed E-state index contributed by atoms with van der Waals surface area (Å²) in [7, 11) is 0. The van der Waals surface area contributed by atoms with Crippen LogP contribution in [0.3, 0.4) is 0 Å². The molecule has 6 heteroatoms. The third kappa shape index (κ3) is 2.54. The van der Waals surface area contributed by atoms with Gasteiger partial charge >= 0.3 is 6.03 Å². The van der Waals surface area contributed by atoms with E-state index in [0.717, 1.165) is 28.3 Å². The van der Waals surface area contributed by atoms with E-state index in [-0.39, 0.29) is 17.9 Å². The highest BCUT2D eigenvalue weighted by molar-refractivity contribution is 6.03. The van der Waals surface area contributed by atoms with Crippen molar-refractivity contribution in [2.24, 2.45) is 23.2 Å². The Labute approximate surface area is 135 Å². The van der Waals surface area contributed by atoms with E-state index in [2.05, 4.69) is 17.7 Å². The summed E-state index contributed by atoms with van der Waals surface area (Å²) in [5.74, 6) is 1.78. The summed E-state index contributed by atoms with van der Waals surface area (Å²) in [6.07, 6.45) is 9.37. The summed E-state index contributed by atoms with van der Waals surface area (Å²) in [4.78, 5) is 34.9. The van der Waals surface area contributed by atoms with Gasteiger partial charge in [-0.25, -0.2) is 9.80 Å². The number of imide groups is 1. The molecule has 6 nitrogen and oxygen atoms in total. The smallest absolute Gasteiger partial charge is 0.275 e. The molecular formula is C17H23N3O3. The second-order valence-corrected chi connectivity index (χ2v) is 7.94. The predicted octanol–water partition coefficient (Wildman–Crippen LogP) is 1.73. The van der Waals surface area contributed by atoms with E-state index in [0.29, 0.717) is 0 Å². The Kier molecular flexibility index (Phi) is 3.25. The molecular weight excluding hydrogens is 294 g/mol. The molecule has 0 atom stereocenters. The minimum atomic E-state index is -0.566. The van der Waals surface area contributed by atoms with E-state index < -0.39 is 11.9 Å². The predicted molar refractivity (Wildman–Crippen MR) is 82.7 cm³/mol. The van der Waals surface area contributed by atoms with Crippen molar-refractivity contribution in [3.63, 3.8) is 0 Å². The van der Waals surface area contributed by atoms with Crippen molar-refractivity contribution in [1.29, 1.82) is 0 Å². The quantitative estimate of drug-likeness (QED) is 0.614. The number of hydrogen-bond donors (Lipinski definition) is 2. The fraction of sp³-hybridized carbons (Fsp3) is 0.706. The van der Waals surface area contributed by atoms with Crippen molar-refractivity contribution < 1.29 is 14.4 Å². The largest absolute Gasteiger partial charge is 0.343 e. The van der Waals surface area contributed by atoms with Crippen LogP contribution in [0.4, 0.5) is 4.79 Å². The lowest BCUT2D eigenvalue weighted by Gasteiger charge is -2.57. The van der Waals surface area contributed by atoms with E-state index in [1.165, 1.54) is 38.5 Å². The fourth-order valence-electron chi connectivity index (χ4n) is 5.64. The normalized spacial score (nSPS) is 38.9. The van der Waals surface area contributed by atoms with Gasteiger partial charge in [-0.1, -0.05) is 5.57 Å². The topological polar surface area (TPSA) is 78.5 Å². The zero-order chi connectivity index (χ0) is 16.2. The minimum absolute atomic E-state index is 0.116. The van der Waals surface area contributed by atoms with Gasteiger partial charge in [0.05, 0.1) is 0 Å². The second-order valence-electron chi connectivity index (χ2n) is 7.94. The standard InChI is InChI=1S/C17H23N3O3/c1-10(2-14(21)19-20-9-15(22)18-16(20)23)17-6-11-3-12(7-17)5-13(4-11)8-17/h2,11-13H,3-9H2,1H3,(H,19,21)(H,18,22,23). The number of amides is 4. The summed E-state index contributed by atoms with van der Waals surface area (Å²) in [5, 5.41) is 3.18. The van der Waals surface area contributed by atoms with Gasteiger partial charge in [0, 0.05) is 6.08 Å². The Morgan fingerprint density at radius 1 is 1.17 bits per heavy atom. The van der Waals surface area contributed by atoms with E-state index >= 15 is 0 Å². The van der Waals surface area contributed by atoms with E-state index in [1.54, 1.807) is 6.08 Å². The maximum atomic E-state index is 12.2. The highest BCUT2D eigenvalue weighted by Gasteiger charge is 2.51. The van der Waals surface area contributed by atoms with Crippen LogP contribution in [0.5, 0.6) is 0 Å². The van der Waals surface area contributed by atoms with Crippen molar-refractivity contribution in [3.05, 3.63) is 11.6 Å². The molecule has 4 amide bonds. The molecule has 0 radical (unpaired) electrons. The van der Waals surface area contributed by atoms with Gasteiger partial charge in [-0.15, -0.1) is 0 Å². The Morgan fingerprint density at radius 2 is 1.74 bits per heavy atom. The van der Waals surface area contributed by atoms with E-state index in [1.807, 2.05) is 0 Å². The maximum absolute atomic E-state index is 12.2. The van der Waals surface area contributed by atoms with Crippen LogP contribution in [0.1, 0.15) is 45.4 Å². The number of allylic oxidation sites excluding steroid dienone is 1. The van der Waals surface area contributed by atoms with Crippen molar-refractivity contribution in [2.45, 2.75) is 45.4 Å². The number of rotatable bonds is 3. The molecule has 2 N–H and O–H groups in total. The third-order valence-corrected chi connectivity index (χ3v) is 6.26. The molecule has 0 unspecified atom stereocenters. The number of urea groups is 1. The Balaban J connectivity index is 1.47. The van der Waals surface area contributed by atoms with Crippen molar-refractivity contribution in [2.75, 3.05) is 6.54 Å². The highest BCUT2D eigenvalue weighted by atomic mass is 16.2. The van der Waals surface area contributed by atoms with Crippen LogP contribution < -0.4 is 10.7 Å². The molecule has 1 saturated heterocycles. The number of hydrogen-bond acceptors (Lipinski definition) is 3. The molecule has 23 heavy (non-hydrogen) atoms. The zero-order valence-corrected chi connectivity index (χ0v) is 13.4. The molecule has 5 aliphatic rings. The van der Waals surface area contributed by atoms with Gasteiger partial charge in [0.25, 0.3) is 5.91 Å². The van der Waals surface area contributed by atoms with Crippen LogP contribution in [-0.4, -0.2) is 29.4 Å². The van der Waals surface area contributed by atoms with E-state index in [4.69, 9.17) is 0 Å².